The van der Waals surface area contributed by atoms with Crippen LogP contribution in [0.25, 0.3) is 0 Å². The first-order valence-electron chi connectivity index (χ1n) is 7.47. The highest BCUT2D eigenvalue weighted by molar-refractivity contribution is 6.30. The van der Waals surface area contributed by atoms with Crippen molar-refractivity contribution in [3.8, 4) is 0 Å². The second-order valence-electron chi connectivity index (χ2n) is 6.22. The molecule has 5 nitrogen and oxygen atoms in total. The van der Waals surface area contributed by atoms with E-state index >= 15 is 0 Å². The van der Waals surface area contributed by atoms with Crippen molar-refractivity contribution in [1.82, 2.24) is 10.2 Å². The van der Waals surface area contributed by atoms with Gasteiger partial charge in [0.05, 0.1) is 0 Å². The molecular formula is C16H20ClFN2O3. The Balaban J connectivity index is 2.01. The third-order valence-electron chi connectivity index (χ3n) is 3.72. The van der Waals surface area contributed by atoms with E-state index in [-0.39, 0.29) is 23.9 Å². The SMILES string of the molecule is CC(C)CN1CC[C@](O)(C(=O)NCc2cc(F)cc(Cl)c2)C1=O. The Morgan fingerprint density at radius 3 is 2.78 bits per heavy atom. The maximum absolute atomic E-state index is 13.3. The van der Waals surface area contributed by atoms with Gasteiger partial charge in [-0.05, 0) is 29.7 Å². The highest BCUT2D eigenvalue weighted by Gasteiger charge is 2.51. The van der Waals surface area contributed by atoms with Gasteiger partial charge >= 0.3 is 0 Å². The molecule has 2 rings (SSSR count). The molecule has 0 spiro atoms. The second kappa shape index (κ2) is 6.84. The second-order valence-corrected chi connectivity index (χ2v) is 6.65. The van der Waals surface area contributed by atoms with Gasteiger partial charge in [-0.1, -0.05) is 25.4 Å². The molecule has 0 aromatic heterocycles. The quantitative estimate of drug-likeness (QED) is 0.800. The van der Waals surface area contributed by atoms with Crippen LogP contribution < -0.4 is 5.32 Å². The number of aliphatic hydroxyl groups is 1. The van der Waals surface area contributed by atoms with E-state index in [1.165, 1.54) is 17.0 Å². The topological polar surface area (TPSA) is 69.6 Å². The molecule has 1 saturated heterocycles. The minimum Gasteiger partial charge on any atom is -0.372 e. The van der Waals surface area contributed by atoms with Crippen LogP contribution >= 0.6 is 11.6 Å². The number of halogens is 2. The van der Waals surface area contributed by atoms with Gasteiger partial charge in [0.25, 0.3) is 11.8 Å². The van der Waals surface area contributed by atoms with Crippen LogP contribution in [0.15, 0.2) is 18.2 Å². The summed E-state index contributed by atoms with van der Waals surface area (Å²) in [7, 11) is 0. The summed E-state index contributed by atoms with van der Waals surface area (Å²) in [5.41, 5.74) is -1.59. The fraction of sp³-hybridized carbons (Fsp3) is 0.500. The molecule has 0 bridgehead atoms. The molecule has 1 heterocycles. The summed E-state index contributed by atoms with van der Waals surface area (Å²) in [5.74, 6) is -1.62. The fourth-order valence-corrected chi connectivity index (χ4v) is 2.88. The van der Waals surface area contributed by atoms with Crippen molar-refractivity contribution in [1.29, 1.82) is 0 Å². The first kappa shape index (κ1) is 17.7. The van der Waals surface area contributed by atoms with Gasteiger partial charge in [-0.3, -0.25) is 9.59 Å². The number of hydrogen-bond acceptors (Lipinski definition) is 3. The molecule has 23 heavy (non-hydrogen) atoms. The highest BCUT2D eigenvalue weighted by Crippen LogP contribution is 2.24. The molecule has 2 amide bonds. The largest absolute Gasteiger partial charge is 0.372 e. The lowest BCUT2D eigenvalue weighted by atomic mass is 10.0. The van der Waals surface area contributed by atoms with Crippen molar-refractivity contribution in [2.75, 3.05) is 13.1 Å². The molecule has 0 aliphatic carbocycles. The molecule has 1 atom stereocenters. The average molecular weight is 343 g/mol. The number of rotatable bonds is 5. The average Bonchev–Trinajstić information content (AvgIpc) is 2.73. The summed E-state index contributed by atoms with van der Waals surface area (Å²) < 4.78 is 13.3. The molecular weight excluding hydrogens is 323 g/mol. The van der Waals surface area contributed by atoms with E-state index in [4.69, 9.17) is 11.6 Å². The lowest BCUT2D eigenvalue weighted by molar-refractivity contribution is -0.154. The van der Waals surface area contributed by atoms with Gasteiger partial charge in [-0.2, -0.15) is 0 Å². The standard InChI is InChI=1S/C16H20ClFN2O3/c1-10(2)9-20-4-3-16(23,15(20)22)14(21)19-8-11-5-12(17)7-13(18)6-11/h5-7,10,23H,3-4,8-9H2,1-2H3,(H,19,21)/t16-/m0/s1. The Labute approximate surface area is 139 Å². The molecule has 2 N–H and O–H groups in total. The van der Waals surface area contributed by atoms with E-state index in [0.29, 0.717) is 18.7 Å². The Morgan fingerprint density at radius 2 is 2.17 bits per heavy atom. The molecule has 126 valence electrons. The van der Waals surface area contributed by atoms with Crippen molar-refractivity contribution < 1.29 is 19.1 Å². The van der Waals surface area contributed by atoms with Crippen molar-refractivity contribution in [3.05, 3.63) is 34.6 Å². The van der Waals surface area contributed by atoms with Gasteiger partial charge in [0.2, 0.25) is 5.60 Å². The zero-order chi connectivity index (χ0) is 17.2. The van der Waals surface area contributed by atoms with Crippen molar-refractivity contribution in [3.63, 3.8) is 0 Å². The van der Waals surface area contributed by atoms with Crippen LogP contribution in [0.5, 0.6) is 0 Å². The minimum absolute atomic E-state index is 0.0178. The summed E-state index contributed by atoms with van der Waals surface area (Å²) in [6, 6.07) is 3.90. The number of hydrogen-bond donors (Lipinski definition) is 2. The zero-order valence-corrected chi connectivity index (χ0v) is 13.9. The Hall–Kier alpha value is -1.66. The van der Waals surface area contributed by atoms with Crippen LogP contribution in [0.1, 0.15) is 25.8 Å². The van der Waals surface area contributed by atoms with E-state index in [0.717, 1.165) is 6.07 Å². The lowest BCUT2D eigenvalue weighted by Gasteiger charge is -2.22. The van der Waals surface area contributed by atoms with Crippen LogP contribution in [0.4, 0.5) is 4.39 Å². The van der Waals surface area contributed by atoms with Gasteiger partial charge in [0.1, 0.15) is 5.82 Å². The molecule has 1 fully saturated rings. The summed E-state index contributed by atoms with van der Waals surface area (Å²) in [4.78, 5) is 26.0. The Bertz CT molecular complexity index is 603. The van der Waals surface area contributed by atoms with Crippen LogP contribution in [-0.2, 0) is 16.1 Å². The van der Waals surface area contributed by atoms with Crippen molar-refractivity contribution >= 4 is 23.4 Å². The van der Waals surface area contributed by atoms with E-state index in [1.807, 2.05) is 13.8 Å². The molecule has 0 saturated carbocycles. The Morgan fingerprint density at radius 1 is 1.48 bits per heavy atom. The van der Waals surface area contributed by atoms with Gasteiger partial charge < -0.3 is 15.3 Å². The normalized spacial score (nSPS) is 21.1. The summed E-state index contributed by atoms with van der Waals surface area (Å²) in [5, 5.41) is 13.1. The number of carbonyl (C=O) groups is 2. The van der Waals surface area contributed by atoms with Crippen LogP contribution in [-0.4, -0.2) is 40.5 Å². The number of carbonyl (C=O) groups excluding carboxylic acids is 2. The predicted molar refractivity (Wildman–Crippen MR) is 84.2 cm³/mol. The number of amides is 2. The number of nitrogens with one attached hydrogen (secondary N) is 1. The third-order valence-corrected chi connectivity index (χ3v) is 3.94. The summed E-state index contributed by atoms with van der Waals surface area (Å²) in [6.45, 7) is 4.73. The molecule has 1 aromatic carbocycles. The first-order chi connectivity index (χ1) is 10.7. The monoisotopic (exact) mass is 342 g/mol. The summed E-state index contributed by atoms with van der Waals surface area (Å²) in [6.07, 6.45) is 0.0499. The number of benzene rings is 1. The van der Waals surface area contributed by atoms with E-state index in [9.17, 15) is 19.1 Å². The fourth-order valence-electron chi connectivity index (χ4n) is 2.63. The highest BCUT2D eigenvalue weighted by atomic mass is 35.5. The molecule has 7 heteroatoms. The maximum atomic E-state index is 13.3. The molecule has 1 aliphatic rings. The van der Waals surface area contributed by atoms with Crippen LogP contribution in [0.2, 0.25) is 5.02 Å². The lowest BCUT2D eigenvalue weighted by Crippen LogP contribution is -2.52. The number of nitrogens with zero attached hydrogens (tertiary/aromatic N) is 1. The van der Waals surface area contributed by atoms with Gasteiger partial charge in [-0.25, -0.2) is 4.39 Å². The Kier molecular flexibility index (Phi) is 5.26. The first-order valence-corrected chi connectivity index (χ1v) is 7.85. The van der Waals surface area contributed by atoms with E-state index in [1.54, 1.807) is 0 Å². The van der Waals surface area contributed by atoms with Crippen molar-refractivity contribution in [2.24, 2.45) is 5.92 Å². The van der Waals surface area contributed by atoms with Gasteiger partial charge in [-0.15, -0.1) is 0 Å². The molecule has 1 aliphatic heterocycles. The smallest absolute Gasteiger partial charge is 0.264 e. The summed E-state index contributed by atoms with van der Waals surface area (Å²) >= 11 is 5.75. The third kappa shape index (κ3) is 4.00. The molecule has 0 radical (unpaired) electrons. The van der Waals surface area contributed by atoms with E-state index in [2.05, 4.69) is 5.32 Å². The molecule has 0 unspecified atom stereocenters. The number of likely N-dealkylation sites (tertiary alicyclic amines) is 1. The van der Waals surface area contributed by atoms with E-state index < -0.39 is 23.2 Å². The van der Waals surface area contributed by atoms with Gasteiger partial charge in [0, 0.05) is 31.1 Å². The van der Waals surface area contributed by atoms with Gasteiger partial charge in [0.15, 0.2) is 0 Å². The minimum atomic E-state index is -2.05. The van der Waals surface area contributed by atoms with Crippen molar-refractivity contribution in [2.45, 2.75) is 32.4 Å². The van der Waals surface area contributed by atoms with Crippen LogP contribution in [0, 0.1) is 11.7 Å². The maximum Gasteiger partial charge on any atom is 0.264 e. The molecule has 1 aromatic rings. The van der Waals surface area contributed by atoms with Crippen LogP contribution in [0.3, 0.4) is 0 Å². The zero-order valence-electron chi connectivity index (χ0n) is 13.1. The predicted octanol–water partition coefficient (Wildman–Crippen LogP) is 1.71.